The van der Waals surface area contributed by atoms with Gasteiger partial charge >= 0.3 is 0 Å². The van der Waals surface area contributed by atoms with Crippen molar-refractivity contribution in [2.75, 3.05) is 26.2 Å². The van der Waals surface area contributed by atoms with Gasteiger partial charge in [-0.3, -0.25) is 4.90 Å². The summed E-state index contributed by atoms with van der Waals surface area (Å²) in [5, 5.41) is 0. The lowest BCUT2D eigenvalue weighted by molar-refractivity contribution is -0.0681. The van der Waals surface area contributed by atoms with Crippen LogP contribution in [-0.2, 0) is 14.8 Å². The van der Waals surface area contributed by atoms with Crippen LogP contribution in [0.15, 0.2) is 29.2 Å². The summed E-state index contributed by atoms with van der Waals surface area (Å²) in [6.07, 6.45) is 2.37. The molecule has 1 heterocycles. The van der Waals surface area contributed by atoms with Crippen molar-refractivity contribution in [3.8, 4) is 0 Å². The Kier molecular flexibility index (Phi) is 6.59. The highest BCUT2D eigenvalue weighted by Gasteiger charge is 2.21. The molecule has 0 aliphatic carbocycles. The summed E-state index contributed by atoms with van der Waals surface area (Å²) in [7, 11) is -3.38. The molecule has 6 heteroatoms. The summed E-state index contributed by atoms with van der Waals surface area (Å²) in [6, 6.07) is 6.92. The fraction of sp³-hybridized carbons (Fsp3) is 0.647. The second-order valence-electron chi connectivity index (χ2n) is 6.43. The standard InChI is InChI=1S/C17H28N2O3S/c1-14-6-8-17(9-7-14)23(20,21)18-10-4-5-11-19-12-15(2)22-16(3)13-19/h6-9,15-16,18H,4-5,10-13H2,1-3H3/t15-,16-/m0/s1. The van der Waals surface area contributed by atoms with E-state index in [2.05, 4.69) is 23.5 Å². The molecule has 0 aromatic heterocycles. The van der Waals surface area contributed by atoms with E-state index in [1.807, 2.05) is 19.1 Å². The number of morpholine rings is 1. The number of nitrogens with zero attached hydrogens (tertiary/aromatic N) is 1. The molecule has 1 aliphatic heterocycles. The van der Waals surface area contributed by atoms with Gasteiger partial charge in [0.1, 0.15) is 0 Å². The second kappa shape index (κ2) is 8.24. The molecule has 23 heavy (non-hydrogen) atoms. The molecule has 1 aliphatic rings. The zero-order valence-electron chi connectivity index (χ0n) is 14.3. The van der Waals surface area contributed by atoms with Gasteiger partial charge in [-0.05, 0) is 52.3 Å². The summed E-state index contributed by atoms with van der Waals surface area (Å²) < 4.78 is 32.7. The first kappa shape index (κ1) is 18.4. The number of unbranched alkanes of at least 4 members (excludes halogenated alkanes) is 1. The maximum atomic E-state index is 12.2. The van der Waals surface area contributed by atoms with Crippen LogP contribution in [0.3, 0.4) is 0 Å². The predicted molar refractivity (Wildman–Crippen MR) is 92.1 cm³/mol. The van der Waals surface area contributed by atoms with E-state index in [0.29, 0.717) is 11.4 Å². The highest BCUT2D eigenvalue weighted by molar-refractivity contribution is 7.89. The molecule has 1 fully saturated rings. The summed E-state index contributed by atoms with van der Waals surface area (Å²) in [4.78, 5) is 2.73. The minimum Gasteiger partial charge on any atom is -0.373 e. The van der Waals surface area contributed by atoms with Gasteiger partial charge in [0.05, 0.1) is 17.1 Å². The normalized spacial score (nSPS) is 23.1. The molecule has 5 nitrogen and oxygen atoms in total. The molecule has 0 unspecified atom stereocenters. The Bertz CT molecular complexity index is 576. The molecule has 1 aromatic rings. The lowest BCUT2D eigenvalue weighted by atomic mass is 10.2. The number of hydrogen-bond acceptors (Lipinski definition) is 4. The second-order valence-corrected chi connectivity index (χ2v) is 8.20. The van der Waals surface area contributed by atoms with Gasteiger partial charge in [-0.1, -0.05) is 17.7 Å². The maximum Gasteiger partial charge on any atom is 0.240 e. The monoisotopic (exact) mass is 340 g/mol. The number of rotatable bonds is 7. The number of sulfonamides is 1. The first-order chi connectivity index (χ1) is 10.9. The van der Waals surface area contributed by atoms with Crippen molar-refractivity contribution in [3.63, 3.8) is 0 Å². The fourth-order valence-corrected chi connectivity index (χ4v) is 4.01. The van der Waals surface area contributed by atoms with Crippen LogP contribution in [0, 0.1) is 6.92 Å². The fourth-order valence-electron chi connectivity index (χ4n) is 2.93. The van der Waals surface area contributed by atoms with Gasteiger partial charge in [0.25, 0.3) is 0 Å². The minimum absolute atomic E-state index is 0.277. The zero-order valence-corrected chi connectivity index (χ0v) is 15.1. The Labute approximate surface area is 140 Å². The number of nitrogens with one attached hydrogen (secondary N) is 1. The van der Waals surface area contributed by atoms with Gasteiger partial charge in [0.15, 0.2) is 0 Å². The molecule has 1 saturated heterocycles. The average Bonchev–Trinajstić information content (AvgIpc) is 2.46. The van der Waals surface area contributed by atoms with Gasteiger partial charge in [-0.25, -0.2) is 13.1 Å². The molecule has 0 bridgehead atoms. The van der Waals surface area contributed by atoms with Crippen LogP contribution < -0.4 is 4.72 Å². The van der Waals surface area contributed by atoms with Crippen LogP contribution in [0.2, 0.25) is 0 Å². The van der Waals surface area contributed by atoms with Crippen LogP contribution in [0.4, 0.5) is 0 Å². The maximum absolute atomic E-state index is 12.2. The van der Waals surface area contributed by atoms with Gasteiger partial charge in [-0.2, -0.15) is 0 Å². The van der Waals surface area contributed by atoms with Crippen molar-refractivity contribution in [1.29, 1.82) is 0 Å². The van der Waals surface area contributed by atoms with Crippen LogP contribution in [0.5, 0.6) is 0 Å². The van der Waals surface area contributed by atoms with E-state index in [4.69, 9.17) is 4.74 Å². The van der Waals surface area contributed by atoms with E-state index < -0.39 is 10.0 Å². The Morgan fingerprint density at radius 1 is 1.13 bits per heavy atom. The van der Waals surface area contributed by atoms with Gasteiger partial charge < -0.3 is 4.74 Å². The Hall–Kier alpha value is -0.950. The van der Waals surface area contributed by atoms with Crippen molar-refractivity contribution < 1.29 is 13.2 Å². The van der Waals surface area contributed by atoms with E-state index in [0.717, 1.165) is 38.0 Å². The number of benzene rings is 1. The molecule has 2 atom stereocenters. The molecule has 0 spiro atoms. The molecule has 0 amide bonds. The highest BCUT2D eigenvalue weighted by atomic mass is 32.2. The highest BCUT2D eigenvalue weighted by Crippen LogP contribution is 2.12. The topological polar surface area (TPSA) is 58.6 Å². The summed E-state index contributed by atoms with van der Waals surface area (Å²) in [5.41, 5.74) is 1.05. The summed E-state index contributed by atoms with van der Waals surface area (Å²) in [6.45, 7) is 9.52. The number of ether oxygens (including phenoxy) is 1. The lowest BCUT2D eigenvalue weighted by Gasteiger charge is -2.35. The van der Waals surface area contributed by atoms with Crippen molar-refractivity contribution in [2.24, 2.45) is 0 Å². The molecule has 2 rings (SSSR count). The third-order valence-corrected chi connectivity index (χ3v) is 5.50. The van der Waals surface area contributed by atoms with Crippen molar-refractivity contribution in [3.05, 3.63) is 29.8 Å². The Morgan fingerprint density at radius 2 is 1.74 bits per heavy atom. The van der Waals surface area contributed by atoms with Crippen molar-refractivity contribution >= 4 is 10.0 Å². The molecule has 1 N–H and O–H groups in total. The van der Waals surface area contributed by atoms with Crippen LogP contribution in [0.25, 0.3) is 0 Å². The third kappa shape index (κ3) is 5.88. The lowest BCUT2D eigenvalue weighted by Crippen LogP contribution is -2.45. The SMILES string of the molecule is Cc1ccc(S(=O)(=O)NCCCCN2C[C@H](C)O[C@@H](C)C2)cc1. The molecular formula is C17H28N2O3S. The average molecular weight is 340 g/mol. The quantitative estimate of drug-likeness (QED) is 0.773. The zero-order chi connectivity index (χ0) is 16.9. The van der Waals surface area contributed by atoms with E-state index in [-0.39, 0.29) is 12.2 Å². The van der Waals surface area contributed by atoms with Crippen LogP contribution >= 0.6 is 0 Å². The molecule has 0 radical (unpaired) electrons. The number of hydrogen-bond donors (Lipinski definition) is 1. The summed E-state index contributed by atoms with van der Waals surface area (Å²) in [5.74, 6) is 0. The largest absolute Gasteiger partial charge is 0.373 e. The molecule has 0 saturated carbocycles. The first-order valence-electron chi connectivity index (χ1n) is 8.31. The van der Waals surface area contributed by atoms with Crippen molar-refractivity contribution in [2.45, 2.75) is 50.7 Å². The number of aryl methyl sites for hydroxylation is 1. The van der Waals surface area contributed by atoms with Crippen LogP contribution in [-0.4, -0.2) is 51.7 Å². The molecule has 130 valence electrons. The molecule has 1 aromatic carbocycles. The van der Waals surface area contributed by atoms with Crippen molar-refractivity contribution in [1.82, 2.24) is 9.62 Å². The molecular weight excluding hydrogens is 312 g/mol. The Balaban J connectivity index is 1.69. The minimum atomic E-state index is -3.38. The first-order valence-corrected chi connectivity index (χ1v) is 9.79. The summed E-state index contributed by atoms with van der Waals surface area (Å²) >= 11 is 0. The van der Waals surface area contributed by atoms with E-state index in [1.54, 1.807) is 12.1 Å². The smallest absolute Gasteiger partial charge is 0.240 e. The Morgan fingerprint density at radius 3 is 2.35 bits per heavy atom. The van der Waals surface area contributed by atoms with Gasteiger partial charge in [0, 0.05) is 19.6 Å². The van der Waals surface area contributed by atoms with E-state index in [1.165, 1.54) is 0 Å². The predicted octanol–water partition coefficient (Wildman–Crippen LogP) is 2.16. The van der Waals surface area contributed by atoms with Gasteiger partial charge in [0.2, 0.25) is 10.0 Å². The van der Waals surface area contributed by atoms with E-state index in [9.17, 15) is 8.42 Å². The van der Waals surface area contributed by atoms with Crippen LogP contribution in [0.1, 0.15) is 32.3 Å². The van der Waals surface area contributed by atoms with E-state index >= 15 is 0 Å². The van der Waals surface area contributed by atoms with Gasteiger partial charge in [-0.15, -0.1) is 0 Å². The third-order valence-electron chi connectivity index (χ3n) is 4.02.